The van der Waals surface area contributed by atoms with E-state index in [1.807, 2.05) is 0 Å². The van der Waals surface area contributed by atoms with Crippen molar-refractivity contribution in [2.45, 2.75) is 32.7 Å². The van der Waals surface area contributed by atoms with Crippen LogP contribution in [0.25, 0.3) is 0 Å². The molecular weight excluding hydrogens is 250 g/mol. The lowest BCUT2D eigenvalue weighted by Crippen LogP contribution is -2.49. The smallest absolute Gasteiger partial charge is 0.279 e. The molecule has 0 saturated carbocycles. The van der Waals surface area contributed by atoms with Crippen molar-refractivity contribution >= 4 is 22.6 Å². The van der Waals surface area contributed by atoms with E-state index in [0.717, 1.165) is 12.8 Å². The van der Waals surface area contributed by atoms with Crippen molar-refractivity contribution < 1.29 is 8.42 Å². The molecule has 1 aliphatic rings. The number of piperidine rings is 1. The van der Waals surface area contributed by atoms with Crippen molar-refractivity contribution in [3.63, 3.8) is 0 Å². The highest BCUT2D eigenvalue weighted by atomic mass is 35.5. The van der Waals surface area contributed by atoms with Crippen LogP contribution in [-0.2, 0) is 10.2 Å². The molecule has 5 nitrogen and oxygen atoms in total. The summed E-state index contributed by atoms with van der Waals surface area (Å²) in [5.74, 6) is 0.448. The van der Waals surface area contributed by atoms with Crippen LogP contribution in [0.15, 0.2) is 0 Å². The third kappa shape index (κ3) is 4.55. The average molecular weight is 272 g/mol. The Morgan fingerprint density at radius 2 is 2.19 bits per heavy atom. The highest BCUT2D eigenvalue weighted by molar-refractivity contribution is 7.87. The van der Waals surface area contributed by atoms with E-state index in [1.54, 1.807) is 6.92 Å². The summed E-state index contributed by atoms with van der Waals surface area (Å²) < 4.78 is 27.8. The Morgan fingerprint density at radius 3 is 2.69 bits per heavy atom. The lowest BCUT2D eigenvalue weighted by molar-refractivity contribution is 0.277. The van der Waals surface area contributed by atoms with Crippen molar-refractivity contribution in [1.82, 2.24) is 9.03 Å². The van der Waals surface area contributed by atoms with Gasteiger partial charge in [0.1, 0.15) is 0 Å². The van der Waals surface area contributed by atoms with Crippen LogP contribution in [-0.4, -0.2) is 38.4 Å². The SMILES string of the molecule is CC1CCCN(S(=O)(=O)N[C@H](C)CN)C1.Cl. The molecule has 1 fully saturated rings. The quantitative estimate of drug-likeness (QED) is 0.773. The molecule has 1 unspecified atom stereocenters. The molecule has 0 radical (unpaired) electrons. The maximum atomic E-state index is 11.9. The van der Waals surface area contributed by atoms with Gasteiger partial charge in [0.25, 0.3) is 10.2 Å². The van der Waals surface area contributed by atoms with Gasteiger partial charge in [-0.25, -0.2) is 0 Å². The van der Waals surface area contributed by atoms with Gasteiger partial charge in [0, 0.05) is 25.7 Å². The molecule has 1 rings (SSSR count). The van der Waals surface area contributed by atoms with Gasteiger partial charge < -0.3 is 5.73 Å². The molecule has 1 saturated heterocycles. The van der Waals surface area contributed by atoms with Crippen LogP contribution in [0.4, 0.5) is 0 Å². The van der Waals surface area contributed by atoms with Gasteiger partial charge >= 0.3 is 0 Å². The second-order valence-electron chi connectivity index (χ2n) is 4.37. The molecule has 0 bridgehead atoms. The third-order valence-corrected chi connectivity index (χ3v) is 4.38. The summed E-state index contributed by atoms with van der Waals surface area (Å²) in [6.07, 6.45) is 2.05. The highest BCUT2D eigenvalue weighted by Crippen LogP contribution is 2.17. The molecule has 0 aromatic carbocycles. The Kier molecular flexibility index (Phi) is 6.81. The Balaban J connectivity index is 0.00000225. The maximum Gasteiger partial charge on any atom is 0.279 e. The molecule has 1 aliphatic heterocycles. The number of nitrogens with one attached hydrogen (secondary N) is 1. The lowest BCUT2D eigenvalue weighted by Gasteiger charge is -2.30. The summed E-state index contributed by atoms with van der Waals surface area (Å²) in [5, 5.41) is 0. The van der Waals surface area contributed by atoms with E-state index in [2.05, 4.69) is 11.6 Å². The first kappa shape index (κ1) is 16.1. The zero-order chi connectivity index (χ0) is 11.5. The van der Waals surface area contributed by atoms with E-state index >= 15 is 0 Å². The minimum Gasteiger partial charge on any atom is -0.329 e. The number of nitrogens with two attached hydrogens (primary N) is 1. The first-order valence-corrected chi connectivity index (χ1v) is 6.87. The first-order chi connectivity index (χ1) is 6.95. The summed E-state index contributed by atoms with van der Waals surface area (Å²) >= 11 is 0. The molecule has 3 N–H and O–H groups in total. The van der Waals surface area contributed by atoms with Gasteiger partial charge in [-0.05, 0) is 25.7 Å². The molecule has 16 heavy (non-hydrogen) atoms. The fraction of sp³-hybridized carbons (Fsp3) is 1.00. The number of nitrogens with zero attached hydrogens (tertiary/aromatic N) is 1. The summed E-state index contributed by atoms with van der Waals surface area (Å²) in [6, 6.07) is -0.202. The van der Waals surface area contributed by atoms with Crippen molar-refractivity contribution in [2.24, 2.45) is 11.7 Å². The Hall–Kier alpha value is 0.120. The Morgan fingerprint density at radius 1 is 1.56 bits per heavy atom. The maximum absolute atomic E-state index is 11.9. The van der Waals surface area contributed by atoms with Gasteiger partial charge in [0.15, 0.2) is 0 Å². The largest absolute Gasteiger partial charge is 0.329 e. The Labute approximate surface area is 104 Å². The minimum atomic E-state index is -3.32. The third-order valence-electron chi connectivity index (χ3n) is 2.66. The van der Waals surface area contributed by atoms with E-state index in [4.69, 9.17) is 5.73 Å². The van der Waals surface area contributed by atoms with E-state index in [1.165, 1.54) is 4.31 Å². The van der Waals surface area contributed by atoms with Crippen LogP contribution in [0.2, 0.25) is 0 Å². The number of hydrogen-bond acceptors (Lipinski definition) is 3. The average Bonchev–Trinajstić information content (AvgIpc) is 2.17. The molecular formula is C9H22ClN3O2S. The molecule has 0 amide bonds. The van der Waals surface area contributed by atoms with Gasteiger partial charge in [0.2, 0.25) is 0 Å². The normalized spacial score (nSPS) is 24.8. The van der Waals surface area contributed by atoms with Crippen molar-refractivity contribution in [2.75, 3.05) is 19.6 Å². The monoisotopic (exact) mass is 271 g/mol. The zero-order valence-electron chi connectivity index (χ0n) is 9.85. The van der Waals surface area contributed by atoms with Gasteiger partial charge in [-0.15, -0.1) is 12.4 Å². The van der Waals surface area contributed by atoms with Gasteiger partial charge in [-0.2, -0.15) is 17.4 Å². The predicted octanol–water partition coefficient (Wildman–Crippen LogP) is 0.322. The van der Waals surface area contributed by atoms with Gasteiger partial charge in [-0.3, -0.25) is 0 Å². The molecule has 2 atom stereocenters. The summed E-state index contributed by atoms with van der Waals surface area (Å²) in [4.78, 5) is 0. The number of rotatable bonds is 4. The standard InChI is InChI=1S/C9H21N3O2S.ClH/c1-8-4-3-5-12(7-8)15(13,14)11-9(2)6-10;/h8-9,11H,3-7,10H2,1-2H3;1H/t8?,9-;/m1./s1. The number of halogens is 1. The van der Waals surface area contributed by atoms with Crippen LogP contribution in [0, 0.1) is 5.92 Å². The topological polar surface area (TPSA) is 75.4 Å². The van der Waals surface area contributed by atoms with Crippen LogP contribution in [0.5, 0.6) is 0 Å². The molecule has 0 aromatic heterocycles. The van der Waals surface area contributed by atoms with Crippen LogP contribution in [0.1, 0.15) is 26.7 Å². The Bertz CT molecular complexity index is 297. The van der Waals surface area contributed by atoms with E-state index < -0.39 is 10.2 Å². The fourth-order valence-corrected chi connectivity index (χ4v) is 3.32. The molecule has 0 spiro atoms. The highest BCUT2D eigenvalue weighted by Gasteiger charge is 2.27. The van der Waals surface area contributed by atoms with Crippen LogP contribution in [0.3, 0.4) is 0 Å². The summed E-state index contributed by atoms with van der Waals surface area (Å²) in [7, 11) is -3.32. The molecule has 98 valence electrons. The summed E-state index contributed by atoms with van der Waals surface area (Å²) in [6.45, 7) is 5.41. The van der Waals surface area contributed by atoms with Gasteiger partial charge in [-0.1, -0.05) is 6.92 Å². The zero-order valence-corrected chi connectivity index (χ0v) is 11.5. The second-order valence-corrected chi connectivity index (χ2v) is 6.07. The minimum absolute atomic E-state index is 0. The van der Waals surface area contributed by atoms with Crippen LogP contribution < -0.4 is 10.5 Å². The van der Waals surface area contributed by atoms with E-state index in [-0.39, 0.29) is 18.4 Å². The molecule has 1 heterocycles. The first-order valence-electron chi connectivity index (χ1n) is 5.43. The van der Waals surface area contributed by atoms with Gasteiger partial charge in [0.05, 0.1) is 0 Å². The van der Waals surface area contributed by atoms with E-state index in [9.17, 15) is 8.42 Å². The molecule has 0 aliphatic carbocycles. The van der Waals surface area contributed by atoms with Crippen molar-refractivity contribution in [3.8, 4) is 0 Å². The predicted molar refractivity (Wildman–Crippen MR) is 67.8 cm³/mol. The second kappa shape index (κ2) is 6.76. The summed E-state index contributed by atoms with van der Waals surface area (Å²) in [5.41, 5.74) is 5.39. The molecule has 7 heteroatoms. The molecule has 0 aromatic rings. The fourth-order valence-electron chi connectivity index (χ4n) is 1.74. The number of hydrogen-bond donors (Lipinski definition) is 2. The van der Waals surface area contributed by atoms with Crippen LogP contribution >= 0.6 is 12.4 Å². The lowest BCUT2D eigenvalue weighted by atomic mass is 10.0. The van der Waals surface area contributed by atoms with E-state index in [0.29, 0.717) is 25.6 Å². The van der Waals surface area contributed by atoms with Crippen molar-refractivity contribution in [3.05, 3.63) is 0 Å². The van der Waals surface area contributed by atoms with Crippen molar-refractivity contribution in [1.29, 1.82) is 0 Å².